The fraction of sp³-hybridized carbons (Fsp3) is 0.750. The summed E-state index contributed by atoms with van der Waals surface area (Å²) in [5.74, 6) is 1.13. The number of hydrogen-bond acceptors (Lipinski definition) is 5. The van der Waals surface area contributed by atoms with Gasteiger partial charge in [-0.1, -0.05) is 6.42 Å². The molecule has 1 aliphatic heterocycles. The molecule has 0 amide bonds. The maximum absolute atomic E-state index is 12.4. The van der Waals surface area contributed by atoms with Crippen LogP contribution in [0.2, 0.25) is 0 Å². The lowest BCUT2D eigenvalue weighted by atomic mass is 10.2. The molecule has 2 heterocycles. The van der Waals surface area contributed by atoms with Gasteiger partial charge in [0.05, 0.1) is 11.4 Å². The smallest absolute Gasteiger partial charge is 0.244 e. The molecule has 20 heavy (non-hydrogen) atoms. The summed E-state index contributed by atoms with van der Waals surface area (Å²) in [5, 5.41) is 10.1. The van der Waals surface area contributed by atoms with Crippen LogP contribution >= 0.6 is 11.8 Å². The Kier molecular flexibility index (Phi) is 5.48. The third-order valence-corrected chi connectivity index (χ3v) is 6.37. The molecule has 1 atom stereocenters. The van der Waals surface area contributed by atoms with Gasteiger partial charge < -0.3 is 5.32 Å². The van der Waals surface area contributed by atoms with Gasteiger partial charge in [0.15, 0.2) is 0 Å². The van der Waals surface area contributed by atoms with E-state index in [1.165, 1.54) is 12.8 Å². The van der Waals surface area contributed by atoms with Gasteiger partial charge in [-0.2, -0.15) is 16.9 Å². The Balaban J connectivity index is 2.07. The van der Waals surface area contributed by atoms with Crippen LogP contribution in [0.4, 0.5) is 0 Å². The van der Waals surface area contributed by atoms with Gasteiger partial charge >= 0.3 is 0 Å². The van der Waals surface area contributed by atoms with Crippen molar-refractivity contribution in [2.45, 2.75) is 42.9 Å². The molecular formula is C12H22N4O2S2. The molecule has 0 radical (unpaired) electrons. The van der Waals surface area contributed by atoms with Gasteiger partial charge in [-0.25, -0.2) is 13.1 Å². The van der Waals surface area contributed by atoms with Gasteiger partial charge in [-0.3, -0.25) is 5.10 Å². The highest BCUT2D eigenvalue weighted by atomic mass is 32.2. The molecule has 1 aromatic rings. The summed E-state index contributed by atoms with van der Waals surface area (Å²) in [6.45, 7) is 2.66. The van der Waals surface area contributed by atoms with E-state index in [2.05, 4.69) is 20.2 Å². The molecule has 1 aromatic heterocycles. The van der Waals surface area contributed by atoms with Crippen molar-refractivity contribution in [2.24, 2.45) is 0 Å². The quantitative estimate of drug-likeness (QED) is 0.728. The highest BCUT2D eigenvalue weighted by Crippen LogP contribution is 2.25. The van der Waals surface area contributed by atoms with Crippen molar-refractivity contribution < 1.29 is 8.42 Å². The maximum atomic E-state index is 12.4. The maximum Gasteiger partial charge on any atom is 0.244 e. The monoisotopic (exact) mass is 318 g/mol. The average molecular weight is 318 g/mol. The van der Waals surface area contributed by atoms with Crippen LogP contribution in [0.15, 0.2) is 4.90 Å². The Hall–Kier alpha value is -0.570. The van der Waals surface area contributed by atoms with Gasteiger partial charge in [0.2, 0.25) is 10.0 Å². The van der Waals surface area contributed by atoms with E-state index in [4.69, 9.17) is 0 Å². The Morgan fingerprint density at radius 2 is 2.25 bits per heavy atom. The van der Waals surface area contributed by atoms with Crippen LogP contribution in [0, 0.1) is 6.92 Å². The van der Waals surface area contributed by atoms with Crippen molar-refractivity contribution in [1.82, 2.24) is 20.2 Å². The summed E-state index contributed by atoms with van der Waals surface area (Å²) < 4.78 is 27.6. The number of sulfonamides is 1. The van der Waals surface area contributed by atoms with E-state index in [1.54, 1.807) is 14.0 Å². The van der Waals surface area contributed by atoms with Crippen molar-refractivity contribution in [1.29, 1.82) is 0 Å². The van der Waals surface area contributed by atoms with Crippen LogP contribution in [0.5, 0.6) is 0 Å². The van der Waals surface area contributed by atoms with Crippen LogP contribution in [0.3, 0.4) is 0 Å². The summed E-state index contributed by atoms with van der Waals surface area (Å²) in [6, 6.07) is 0. The Morgan fingerprint density at radius 3 is 2.90 bits per heavy atom. The van der Waals surface area contributed by atoms with E-state index in [1.807, 2.05) is 11.8 Å². The van der Waals surface area contributed by atoms with E-state index >= 15 is 0 Å². The third-order valence-electron chi connectivity index (χ3n) is 3.35. The minimum atomic E-state index is -3.50. The predicted molar refractivity (Wildman–Crippen MR) is 81.4 cm³/mol. The van der Waals surface area contributed by atoms with E-state index in [0.29, 0.717) is 29.7 Å². The number of aryl methyl sites for hydroxylation is 1. The van der Waals surface area contributed by atoms with Gasteiger partial charge in [0.25, 0.3) is 0 Å². The normalized spacial score (nSPS) is 20.2. The van der Waals surface area contributed by atoms with Crippen LogP contribution in [-0.4, -0.2) is 43.2 Å². The van der Waals surface area contributed by atoms with Gasteiger partial charge in [0, 0.05) is 18.3 Å². The lowest BCUT2D eigenvalue weighted by Crippen LogP contribution is -2.32. The van der Waals surface area contributed by atoms with Gasteiger partial charge in [-0.05, 0) is 32.6 Å². The molecule has 1 saturated heterocycles. The molecule has 0 aliphatic carbocycles. The van der Waals surface area contributed by atoms with Crippen LogP contribution < -0.4 is 10.0 Å². The number of nitrogens with one attached hydrogen (secondary N) is 3. The molecule has 1 aliphatic rings. The fourth-order valence-corrected chi connectivity index (χ4v) is 5.14. The SMILES string of the molecule is CNCc1n[nH]c(C)c1S(=O)(=O)NCC1CCCCS1. The van der Waals surface area contributed by atoms with Crippen molar-refractivity contribution in [2.75, 3.05) is 19.3 Å². The molecule has 0 bridgehead atoms. The first-order chi connectivity index (χ1) is 9.54. The highest BCUT2D eigenvalue weighted by molar-refractivity contribution is 8.00. The number of aromatic nitrogens is 2. The molecule has 8 heteroatoms. The number of aromatic amines is 1. The number of rotatable bonds is 6. The van der Waals surface area contributed by atoms with Crippen LogP contribution in [0.1, 0.15) is 30.7 Å². The van der Waals surface area contributed by atoms with E-state index in [0.717, 1.165) is 12.2 Å². The summed E-state index contributed by atoms with van der Waals surface area (Å²) in [7, 11) is -1.73. The summed E-state index contributed by atoms with van der Waals surface area (Å²) >= 11 is 1.86. The molecule has 0 spiro atoms. The van der Waals surface area contributed by atoms with E-state index < -0.39 is 10.0 Å². The van der Waals surface area contributed by atoms with Crippen molar-refractivity contribution in [3.63, 3.8) is 0 Å². The van der Waals surface area contributed by atoms with Crippen molar-refractivity contribution in [3.8, 4) is 0 Å². The first-order valence-electron chi connectivity index (χ1n) is 6.84. The lowest BCUT2D eigenvalue weighted by molar-refractivity contribution is 0.571. The highest BCUT2D eigenvalue weighted by Gasteiger charge is 2.25. The minimum Gasteiger partial charge on any atom is -0.314 e. The third kappa shape index (κ3) is 3.75. The van der Waals surface area contributed by atoms with Crippen LogP contribution in [-0.2, 0) is 16.6 Å². The molecule has 0 aromatic carbocycles. The molecule has 2 rings (SSSR count). The fourth-order valence-electron chi connectivity index (χ4n) is 2.36. The summed E-state index contributed by atoms with van der Waals surface area (Å²) in [6.07, 6.45) is 3.51. The predicted octanol–water partition coefficient (Wildman–Crippen LogP) is 1.00. The van der Waals surface area contributed by atoms with Crippen LogP contribution in [0.25, 0.3) is 0 Å². The van der Waals surface area contributed by atoms with Gasteiger partial charge in [0.1, 0.15) is 4.90 Å². The molecular weight excluding hydrogens is 296 g/mol. The number of H-pyrrole nitrogens is 1. The molecule has 3 N–H and O–H groups in total. The topological polar surface area (TPSA) is 86.9 Å². The first kappa shape index (κ1) is 15.8. The second-order valence-corrected chi connectivity index (χ2v) is 8.11. The number of nitrogens with zero attached hydrogens (tertiary/aromatic N) is 1. The molecule has 6 nitrogen and oxygen atoms in total. The standard InChI is InChI=1S/C12H22N4O2S2/c1-9-12(11(8-13-2)16-15-9)20(17,18)14-7-10-5-3-4-6-19-10/h10,13-14H,3-8H2,1-2H3,(H,15,16). The molecule has 1 unspecified atom stereocenters. The lowest BCUT2D eigenvalue weighted by Gasteiger charge is -2.21. The largest absolute Gasteiger partial charge is 0.314 e. The molecule has 1 fully saturated rings. The number of hydrogen-bond donors (Lipinski definition) is 3. The number of thioether (sulfide) groups is 1. The van der Waals surface area contributed by atoms with E-state index in [9.17, 15) is 8.42 Å². The molecule has 0 saturated carbocycles. The second kappa shape index (κ2) is 6.93. The minimum absolute atomic E-state index is 0.285. The zero-order valence-electron chi connectivity index (χ0n) is 11.9. The average Bonchev–Trinajstić information content (AvgIpc) is 2.80. The summed E-state index contributed by atoms with van der Waals surface area (Å²) in [4.78, 5) is 0.285. The molecule has 114 valence electrons. The van der Waals surface area contributed by atoms with E-state index in [-0.39, 0.29) is 4.90 Å². The zero-order chi connectivity index (χ0) is 14.6. The Morgan fingerprint density at radius 1 is 1.45 bits per heavy atom. The second-order valence-electron chi connectivity index (χ2n) is 5.00. The summed E-state index contributed by atoms with van der Waals surface area (Å²) in [5.41, 5.74) is 1.12. The first-order valence-corrected chi connectivity index (χ1v) is 9.37. The van der Waals surface area contributed by atoms with Crippen molar-refractivity contribution >= 4 is 21.8 Å². The van der Waals surface area contributed by atoms with Gasteiger partial charge in [-0.15, -0.1) is 0 Å². The Labute approximate surface area is 124 Å². The Bertz CT molecular complexity index is 536. The van der Waals surface area contributed by atoms with Crippen molar-refractivity contribution in [3.05, 3.63) is 11.4 Å². The zero-order valence-corrected chi connectivity index (χ0v) is 13.5.